The summed E-state index contributed by atoms with van der Waals surface area (Å²) in [7, 11) is -10.7. The van der Waals surface area contributed by atoms with Gasteiger partial charge in [0.1, 0.15) is 53.5 Å². The molecular formula is C21H29N7O13P2S. The number of thiocarbonyl (C=S) groups is 1. The standard InChI is InChI=1S/C21H29N7O13P2S/c22-17-12-19(25-7-24-17)28(8-26-12)21-16(32)14(30)11(40-21)6-38-43(35,36)41-42(33,34)37-5-10-13(29)15(31)20(39-10)27-3-1-2-9(4-27)18(23)44/h1,3-4,7-8,10-11,13-16,20-21,29-32H,2,5-6H2,(H2,23,44)(H,33,34)(H,35,36)(H2,22,24,25)/t10-,11-,13-,14-,15-,16-,20-,21-/m1/s1. The van der Waals surface area contributed by atoms with Crippen molar-refractivity contribution >= 4 is 49.8 Å². The number of nitrogen functional groups attached to an aromatic ring is 1. The Labute approximate surface area is 253 Å². The third-order valence-corrected chi connectivity index (χ3v) is 9.74. The molecule has 2 unspecified atom stereocenters. The highest BCUT2D eigenvalue weighted by atomic mass is 32.1. The van der Waals surface area contributed by atoms with Crippen molar-refractivity contribution in [2.75, 3.05) is 18.9 Å². The molecule has 2 aromatic rings. The van der Waals surface area contributed by atoms with E-state index in [1.165, 1.54) is 22.0 Å². The number of aliphatic hydroxyl groups is 4. The second-order valence-electron chi connectivity index (χ2n) is 9.84. The molecule has 2 aromatic heterocycles. The Hall–Kier alpha value is -2.46. The maximum absolute atomic E-state index is 12.4. The number of phosphoric acid groups is 2. The molecule has 0 aliphatic carbocycles. The lowest BCUT2D eigenvalue weighted by molar-refractivity contribution is -0.0651. The molecule has 242 valence electrons. The SMILES string of the molecule is NC(=S)C1=CN([C@@H]2O[C@H](COP(=O)(O)OP(=O)(O)OC[C@H]3O[C@@H](n4cnc5c(N)ncnc54)[C@H](O)[C@@H]3O)[C@@H](O)[C@H]2O)C=CC1. The third-order valence-electron chi connectivity index (χ3n) is 6.88. The predicted molar refractivity (Wildman–Crippen MR) is 149 cm³/mol. The van der Waals surface area contributed by atoms with Crippen LogP contribution in [0.4, 0.5) is 5.82 Å². The molecule has 0 spiro atoms. The number of allylic oxidation sites excluding steroid dienone is 1. The first-order valence-electron chi connectivity index (χ1n) is 12.7. The van der Waals surface area contributed by atoms with Gasteiger partial charge in [0.15, 0.2) is 23.9 Å². The molecule has 0 saturated carbocycles. The molecule has 5 rings (SSSR count). The average molecular weight is 682 g/mol. The van der Waals surface area contributed by atoms with Gasteiger partial charge in [-0.25, -0.2) is 24.1 Å². The van der Waals surface area contributed by atoms with Gasteiger partial charge in [0.2, 0.25) is 0 Å². The fourth-order valence-corrected chi connectivity index (χ4v) is 6.91. The monoisotopic (exact) mass is 681 g/mol. The molecule has 0 aromatic carbocycles. The van der Waals surface area contributed by atoms with Crippen LogP contribution < -0.4 is 11.5 Å². The highest BCUT2D eigenvalue weighted by molar-refractivity contribution is 7.80. The molecule has 44 heavy (non-hydrogen) atoms. The first-order valence-corrected chi connectivity index (χ1v) is 16.1. The van der Waals surface area contributed by atoms with E-state index in [0.29, 0.717) is 12.0 Å². The Balaban J connectivity index is 1.15. The minimum atomic E-state index is -5.35. The number of rotatable bonds is 11. The first kappa shape index (κ1) is 32.9. The highest BCUT2D eigenvalue weighted by Crippen LogP contribution is 2.60. The van der Waals surface area contributed by atoms with Gasteiger partial charge in [0, 0.05) is 18.0 Å². The lowest BCUT2D eigenvalue weighted by atomic mass is 10.1. The average Bonchev–Trinajstić information content (AvgIpc) is 3.61. The predicted octanol–water partition coefficient (Wildman–Crippen LogP) is -1.89. The Bertz CT molecular complexity index is 1560. The van der Waals surface area contributed by atoms with E-state index in [1.807, 2.05) is 0 Å². The molecule has 23 heteroatoms. The highest BCUT2D eigenvalue weighted by Gasteiger charge is 2.48. The molecule has 2 fully saturated rings. The third kappa shape index (κ3) is 6.86. The Kier molecular flexibility index (Phi) is 9.53. The van der Waals surface area contributed by atoms with E-state index in [0.717, 1.165) is 6.33 Å². The molecule has 3 aliphatic heterocycles. The van der Waals surface area contributed by atoms with Crippen LogP contribution in [0.5, 0.6) is 0 Å². The van der Waals surface area contributed by atoms with E-state index in [1.54, 1.807) is 12.3 Å². The fourth-order valence-electron chi connectivity index (χ4n) is 4.68. The number of hydrogen-bond donors (Lipinski definition) is 8. The van der Waals surface area contributed by atoms with Crippen LogP contribution >= 0.6 is 27.9 Å². The molecule has 3 aliphatic rings. The molecule has 0 amide bonds. The number of nitrogens with two attached hydrogens (primary N) is 2. The first-order chi connectivity index (χ1) is 20.7. The van der Waals surface area contributed by atoms with Gasteiger partial charge in [-0.1, -0.05) is 18.3 Å². The Morgan fingerprint density at radius 1 is 0.977 bits per heavy atom. The van der Waals surface area contributed by atoms with Gasteiger partial charge in [0.25, 0.3) is 0 Å². The van der Waals surface area contributed by atoms with Crippen molar-refractivity contribution in [1.82, 2.24) is 24.4 Å². The molecule has 0 bridgehead atoms. The minimum absolute atomic E-state index is 0.0585. The summed E-state index contributed by atoms with van der Waals surface area (Å²) < 4.78 is 51.0. The second kappa shape index (κ2) is 12.7. The van der Waals surface area contributed by atoms with E-state index in [2.05, 4.69) is 19.3 Å². The van der Waals surface area contributed by atoms with Crippen LogP contribution in [0.15, 0.2) is 36.7 Å². The lowest BCUT2D eigenvalue weighted by Crippen LogP contribution is -2.40. The molecule has 10 atom stereocenters. The number of imidazole rings is 1. The number of anilines is 1. The van der Waals surface area contributed by atoms with Crippen LogP contribution in [0.3, 0.4) is 0 Å². The minimum Gasteiger partial charge on any atom is -0.390 e. The van der Waals surface area contributed by atoms with Crippen molar-refractivity contribution in [3.8, 4) is 0 Å². The van der Waals surface area contributed by atoms with Crippen LogP contribution in [-0.2, 0) is 32.0 Å². The van der Waals surface area contributed by atoms with Gasteiger partial charge < -0.3 is 56.1 Å². The summed E-state index contributed by atoms with van der Waals surface area (Å²) in [5.41, 5.74) is 12.3. The zero-order valence-corrected chi connectivity index (χ0v) is 25.0. The molecule has 20 nitrogen and oxygen atoms in total. The van der Waals surface area contributed by atoms with Crippen LogP contribution in [0.1, 0.15) is 12.6 Å². The Morgan fingerprint density at radius 3 is 2.18 bits per heavy atom. The number of aromatic nitrogens is 4. The number of aliphatic hydroxyl groups excluding tert-OH is 4. The number of hydrogen-bond acceptors (Lipinski definition) is 17. The molecule has 2 saturated heterocycles. The largest absolute Gasteiger partial charge is 0.481 e. The number of ether oxygens (including phenoxy) is 2. The number of fused-ring (bicyclic) bond motifs is 1. The number of phosphoric ester groups is 2. The maximum Gasteiger partial charge on any atom is 0.481 e. The van der Waals surface area contributed by atoms with E-state index in [9.17, 15) is 39.3 Å². The molecule has 10 N–H and O–H groups in total. The fraction of sp³-hybridized carbons (Fsp3) is 0.524. The molecule has 5 heterocycles. The zero-order chi connectivity index (χ0) is 32.0. The van der Waals surface area contributed by atoms with E-state index in [4.69, 9.17) is 42.2 Å². The van der Waals surface area contributed by atoms with Crippen molar-refractivity contribution in [2.45, 2.75) is 55.5 Å². The van der Waals surface area contributed by atoms with Crippen molar-refractivity contribution in [3.05, 3.63) is 36.7 Å². The summed E-state index contributed by atoms with van der Waals surface area (Å²) in [4.78, 5) is 33.5. The quantitative estimate of drug-likeness (QED) is 0.0950. The normalized spacial score (nSPS) is 33.3. The topological polar surface area (TPSA) is 301 Å². The van der Waals surface area contributed by atoms with Crippen LogP contribution in [0.25, 0.3) is 11.2 Å². The van der Waals surface area contributed by atoms with Gasteiger partial charge in [0.05, 0.1) is 19.5 Å². The zero-order valence-electron chi connectivity index (χ0n) is 22.4. The van der Waals surface area contributed by atoms with E-state index < -0.39 is 77.9 Å². The Morgan fingerprint density at radius 2 is 1.57 bits per heavy atom. The maximum atomic E-state index is 12.4. The molecule has 0 radical (unpaired) electrons. The summed E-state index contributed by atoms with van der Waals surface area (Å²) in [6.07, 6.45) is -3.91. The van der Waals surface area contributed by atoms with E-state index in [-0.39, 0.29) is 22.0 Å². The summed E-state index contributed by atoms with van der Waals surface area (Å²) >= 11 is 4.95. The van der Waals surface area contributed by atoms with Gasteiger partial charge in [-0.05, 0) is 6.42 Å². The molecular weight excluding hydrogens is 652 g/mol. The van der Waals surface area contributed by atoms with Gasteiger partial charge in [-0.3, -0.25) is 13.6 Å². The lowest BCUT2D eigenvalue weighted by Gasteiger charge is -2.29. The van der Waals surface area contributed by atoms with Crippen molar-refractivity contribution in [1.29, 1.82) is 0 Å². The second-order valence-corrected chi connectivity index (χ2v) is 13.3. The van der Waals surface area contributed by atoms with Crippen molar-refractivity contribution in [2.24, 2.45) is 5.73 Å². The van der Waals surface area contributed by atoms with Crippen LogP contribution in [0, 0.1) is 0 Å². The van der Waals surface area contributed by atoms with E-state index >= 15 is 0 Å². The van der Waals surface area contributed by atoms with Gasteiger partial charge in [-0.2, -0.15) is 4.31 Å². The summed E-state index contributed by atoms with van der Waals surface area (Å²) in [6, 6.07) is 0. The van der Waals surface area contributed by atoms with Gasteiger partial charge in [-0.15, -0.1) is 0 Å². The summed E-state index contributed by atoms with van der Waals surface area (Å²) in [5.74, 6) is 0.0585. The smallest absolute Gasteiger partial charge is 0.390 e. The van der Waals surface area contributed by atoms with Crippen LogP contribution in [0.2, 0.25) is 0 Å². The van der Waals surface area contributed by atoms with Crippen LogP contribution in [-0.4, -0.2) is 116 Å². The van der Waals surface area contributed by atoms with Gasteiger partial charge >= 0.3 is 15.6 Å². The number of nitrogens with zero attached hydrogens (tertiary/aromatic N) is 5. The van der Waals surface area contributed by atoms with Crippen molar-refractivity contribution < 1.29 is 62.2 Å². The summed E-state index contributed by atoms with van der Waals surface area (Å²) in [5, 5.41) is 41.8. The summed E-state index contributed by atoms with van der Waals surface area (Å²) in [6.45, 7) is -1.73. The van der Waals surface area contributed by atoms with Crippen molar-refractivity contribution in [3.63, 3.8) is 0 Å².